The van der Waals surface area contributed by atoms with E-state index >= 15 is 0 Å². The van der Waals surface area contributed by atoms with Crippen molar-refractivity contribution in [2.45, 2.75) is 47.1 Å². The second-order valence-corrected chi connectivity index (χ2v) is 5.97. The standard InChI is InChI=1S/C18H25N3O/c1-6-13(3)18(22)20-14(4)17-11-19-21(15(17)5)16-9-7-12(2)8-10-16/h7-11,13-14H,6H2,1-5H3,(H,20,22). The summed E-state index contributed by atoms with van der Waals surface area (Å²) >= 11 is 0. The number of carbonyl (C=O) groups excluding carboxylic acids is 1. The third-order valence-electron chi connectivity index (χ3n) is 4.21. The zero-order valence-electron chi connectivity index (χ0n) is 14.1. The van der Waals surface area contributed by atoms with Gasteiger partial charge in [-0.3, -0.25) is 4.79 Å². The van der Waals surface area contributed by atoms with Crippen LogP contribution in [0.1, 0.15) is 50.1 Å². The van der Waals surface area contributed by atoms with Crippen LogP contribution in [0.3, 0.4) is 0 Å². The Hall–Kier alpha value is -2.10. The van der Waals surface area contributed by atoms with Gasteiger partial charge >= 0.3 is 0 Å². The van der Waals surface area contributed by atoms with Gasteiger partial charge in [-0.15, -0.1) is 0 Å². The Bertz CT molecular complexity index is 643. The van der Waals surface area contributed by atoms with E-state index in [0.717, 1.165) is 23.4 Å². The molecule has 1 N–H and O–H groups in total. The predicted octanol–water partition coefficient (Wildman–Crippen LogP) is 3.71. The number of hydrogen-bond acceptors (Lipinski definition) is 2. The molecule has 0 bridgehead atoms. The molecule has 1 aromatic heterocycles. The molecule has 2 unspecified atom stereocenters. The Labute approximate surface area is 132 Å². The monoisotopic (exact) mass is 299 g/mol. The van der Waals surface area contributed by atoms with Gasteiger partial charge in [0.1, 0.15) is 0 Å². The minimum Gasteiger partial charge on any atom is -0.349 e. The smallest absolute Gasteiger partial charge is 0.223 e. The molecule has 4 nitrogen and oxygen atoms in total. The Balaban J connectivity index is 2.20. The van der Waals surface area contributed by atoms with Crippen LogP contribution in [0.25, 0.3) is 5.69 Å². The molecule has 118 valence electrons. The van der Waals surface area contributed by atoms with Gasteiger partial charge in [0.25, 0.3) is 0 Å². The van der Waals surface area contributed by atoms with E-state index in [4.69, 9.17) is 0 Å². The van der Waals surface area contributed by atoms with Crippen LogP contribution in [0.5, 0.6) is 0 Å². The van der Waals surface area contributed by atoms with Crippen LogP contribution in [0, 0.1) is 19.8 Å². The summed E-state index contributed by atoms with van der Waals surface area (Å²) in [5, 5.41) is 7.54. The Morgan fingerprint density at radius 3 is 2.45 bits per heavy atom. The van der Waals surface area contributed by atoms with Crippen LogP contribution in [0.4, 0.5) is 0 Å². The normalized spacial score (nSPS) is 13.7. The molecule has 22 heavy (non-hydrogen) atoms. The van der Waals surface area contributed by atoms with Crippen molar-refractivity contribution >= 4 is 5.91 Å². The lowest BCUT2D eigenvalue weighted by Crippen LogP contribution is -2.31. The van der Waals surface area contributed by atoms with Gasteiger partial charge in [-0.05, 0) is 39.3 Å². The van der Waals surface area contributed by atoms with Crippen molar-refractivity contribution in [3.05, 3.63) is 47.3 Å². The number of nitrogens with one attached hydrogen (secondary N) is 1. The van der Waals surface area contributed by atoms with Gasteiger partial charge in [-0.1, -0.05) is 31.5 Å². The lowest BCUT2D eigenvalue weighted by molar-refractivity contribution is -0.125. The molecule has 2 rings (SSSR count). The summed E-state index contributed by atoms with van der Waals surface area (Å²) in [7, 11) is 0. The van der Waals surface area contributed by atoms with Gasteiger partial charge in [0.2, 0.25) is 5.91 Å². The van der Waals surface area contributed by atoms with E-state index in [1.54, 1.807) is 0 Å². The highest BCUT2D eigenvalue weighted by molar-refractivity contribution is 5.78. The number of nitrogens with zero attached hydrogens (tertiary/aromatic N) is 2. The molecular weight excluding hydrogens is 274 g/mol. The first-order chi connectivity index (χ1) is 10.4. The van der Waals surface area contributed by atoms with Gasteiger partial charge in [-0.25, -0.2) is 4.68 Å². The number of carbonyl (C=O) groups is 1. The maximum atomic E-state index is 12.0. The van der Waals surface area contributed by atoms with Gasteiger partial charge in [-0.2, -0.15) is 5.10 Å². The molecule has 0 saturated carbocycles. The second kappa shape index (κ2) is 6.77. The van der Waals surface area contributed by atoms with Crippen LogP contribution < -0.4 is 5.32 Å². The number of aromatic nitrogens is 2. The Morgan fingerprint density at radius 1 is 1.23 bits per heavy atom. The van der Waals surface area contributed by atoms with E-state index in [1.807, 2.05) is 38.6 Å². The molecular formula is C18H25N3O. The molecule has 2 atom stereocenters. The Kier molecular flexibility index (Phi) is 5.01. The minimum atomic E-state index is -0.0410. The summed E-state index contributed by atoms with van der Waals surface area (Å²) in [6.07, 6.45) is 2.69. The number of aryl methyl sites for hydroxylation is 1. The highest BCUT2D eigenvalue weighted by Crippen LogP contribution is 2.21. The molecule has 1 heterocycles. The summed E-state index contributed by atoms with van der Waals surface area (Å²) in [4.78, 5) is 12.0. The van der Waals surface area contributed by atoms with Crippen molar-refractivity contribution in [3.8, 4) is 5.69 Å². The van der Waals surface area contributed by atoms with E-state index < -0.39 is 0 Å². The molecule has 0 radical (unpaired) electrons. The lowest BCUT2D eigenvalue weighted by atomic mass is 10.1. The summed E-state index contributed by atoms with van der Waals surface area (Å²) in [6.45, 7) is 10.1. The summed E-state index contributed by atoms with van der Waals surface area (Å²) in [6, 6.07) is 8.22. The highest BCUT2D eigenvalue weighted by atomic mass is 16.1. The quantitative estimate of drug-likeness (QED) is 0.914. The van der Waals surface area contributed by atoms with E-state index in [0.29, 0.717) is 0 Å². The fourth-order valence-electron chi connectivity index (χ4n) is 2.41. The Morgan fingerprint density at radius 2 is 1.86 bits per heavy atom. The molecule has 4 heteroatoms. The molecule has 0 fully saturated rings. The average Bonchev–Trinajstić information content (AvgIpc) is 2.89. The average molecular weight is 299 g/mol. The van der Waals surface area contributed by atoms with E-state index in [9.17, 15) is 4.79 Å². The molecule has 0 saturated heterocycles. The third-order valence-corrected chi connectivity index (χ3v) is 4.21. The topological polar surface area (TPSA) is 46.9 Å². The van der Waals surface area contributed by atoms with Crippen molar-refractivity contribution in [1.29, 1.82) is 0 Å². The van der Waals surface area contributed by atoms with Crippen LogP contribution in [0.2, 0.25) is 0 Å². The zero-order chi connectivity index (χ0) is 16.3. The molecule has 1 aromatic carbocycles. The van der Waals surface area contributed by atoms with Crippen molar-refractivity contribution in [3.63, 3.8) is 0 Å². The van der Waals surface area contributed by atoms with Crippen LogP contribution >= 0.6 is 0 Å². The first kappa shape index (κ1) is 16.3. The molecule has 0 aliphatic carbocycles. The van der Waals surface area contributed by atoms with Gasteiger partial charge in [0.15, 0.2) is 0 Å². The maximum absolute atomic E-state index is 12.0. The fourth-order valence-corrected chi connectivity index (χ4v) is 2.41. The van der Waals surface area contributed by atoms with Crippen LogP contribution in [0.15, 0.2) is 30.5 Å². The first-order valence-electron chi connectivity index (χ1n) is 7.86. The molecule has 2 aromatic rings. The summed E-state index contributed by atoms with van der Waals surface area (Å²) < 4.78 is 1.92. The summed E-state index contributed by atoms with van der Waals surface area (Å²) in [5.41, 5.74) is 4.37. The number of rotatable bonds is 5. The van der Waals surface area contributed by atoms with Crippen LogP contribution in [-0.4, -0.2) is 15.7 Å². The molecule has 0 aliphatic heterocycles. The minimum absolute atomic E-state index is 0.0369. The van der Waals surface area contributed by atoms with Gasteiger partial charge in [0, 0.05) is 17.2 Å². The molecule has 0 aliphatic rings. The van der Waals surface area contributed by atoms with Gasteiger partial charge in [0.05, 0.1) is 17.9 Å². The molecule has 0 spiro atoms. The SMILES string of the molecule is CCC(C)C(=O)NC(C)c1cnn(-c2ccc(C)cc2)c1C. The highest BCUT2D eigenvalue weighted by Gasteiger charge is 2.18. The van der Waals surface area contributed by atoms with E-state index in [1.165, 1.54) is 5.56 Å². The van der Waals surface area contributed by atoms with E-state index in [-0.39, 0.29) is 17.9 Å². The van der Waals surface area contributed by atoms with Crippen molar-refractivity contribution in [2.24, 2.45) is 5.92 Å². The number of hydrogen-bond donors (Lipinski definition) is 1. The predicted molar refractivity (Wildman–Crippen MR) is 89.1 cm³/mol. The third kappa shape index (κ3) is 3.38. The molecule has 1 amide bonds. The number of benzene rings is 1. The van der Waals surface area contributed by atoms with Crippen LogP contribution in [-0.2, 0) is 4.79 Å². The maximum Gasteiger partial charge on any atom is 0.223 e. The lowest BCUT2D eigenvalue weighted by Gasteiger charge is -2.17. The number of amides is 1. The second-order valence-electron chi connectivity index (χ2n) is 5.97. The van der Waals surface area contributed by atoms with E-state index in [2.05, 4.69) is 41.6 Å². The van der Waals surface area contributed by atoms with Crippen molar-refractivity contribution in [1.82, 2.24) is 15.1 Å². The zero-order valence-corrected chi connectivity index (χ0v) is 14.1. The van der Waals surface area contributed by atoms with Crippen molar-refractivity contribution < 1.29 is 4.79 Å². The fraction of sp³-hybridized carbons (Fsp3) is 0.444. The van der Waals surface area contributed by atoms with Gasteiger partial charge < -0.3 is 5.32 Å². The largest absolute Gasteiger partial charge is 0.349 e. The summed E-state index contributed by atoms with van der Waals surface area (Å²) in [5.74, 6) is 0.132. The van der Waals surface area contributed by atoms with Crippen molar-refractivity contribution in [2.75, 3.05) is 0 Å². The first-order valence-corrected chi connectivity index (χ1v) is 7.86.